The Bertz CT molecular complexity index is 4760. The maximum absolute atomic E-state index is 6.96. The summed E-state index contributed by atoms with van der Waals surface area (Å²) in [4.78, 5) is 2.44. The predicted molar refractivity (Wildman–Crippen MR) is 316 cm³/mol. The molecule has 5 nitrogen and oxygen atoms in total. The fourth-order valence-corrected chi connectivity index (χ4v) is 13.8. The number of benzene rings is 11. The molecule has 2 aliphatic rings. The average molecular weight is 990 g/mol. The van der Waals surface area contributed by atoms with E-state index in [1.54, 1.807) is 0 Å². The van der Waals surface area contributed by atoms with Crippen molar-refractivity contribution in [2.75, 3.05) is 4.90 Å². The van der Waals surface area contributed by atoms with Crippen molar-refractivity contribution in [3.05, 3.63) is 235 Å². The fourth-order valence-electron chi connectivity index (χ4n) is 13.8. The lowest BCUT2D eigenvalue weighted by Crippen LogP contribution is -2.18. The first kappa shape index (κ1) is 42.7. The van der Waals surface area contributed by atoms with Gasteiger partial charge < -0.3 is 22.6 Å². The molecule has 0 fully saturated rings. The first-order valence-electron chi connectivity index (χ1n) is 26.6. The molecular formula is C72H47NO4. The Morgan fingerprint density at radius 1 is 0.273 bits per heavy atom. The lowest BCUT2D eigenvalue weighted by molar-refractivity contribution is 0.656. The van der Waals surface area contributed by atoms with Gasteiger partial charge in [-0.15, -0.1) is 0 Å². The smallest absolute Gasteiger partial charge is 0.144 e. The third-order valence-electron chi connectivity index (χ3n) is 17.5. The summed E-state index contributed by atoms with van der Waals surface area (Å²) in [6, 6.07) is 76.4. The molecule has 0 atom stereocenters. The molecule has 0 saturated heterocycles. The third-order valence-corrected chi connectivity index (χ3v) is 17.5. The van der Waals surface area contributed by atoms with Crippen molar-refractivity contribution in [1.82, 2.24) is 0 Å². The van der Waals surface area contributed by atoms with Crippen LogP contribution in [-0.4, -0.2) is 0 Å². The van der Waals surface area contributed by atoms with Crippen LogP contribution >= 0.6 is 0 Å². The fraction of sp³-hybridized carbons (Fsp3) is 0.0833. The maximum Gasteiger partial charge on any atom is 0.144 e. The van der Waals surface area contributed by atoms with Gasteiger partial charge in [-0.3, -0.25) is 0 Å². The Balaban J connectivity index is 0.847. The topological polar surface area (TPSA) is 55.8 Å². The highest BCUT2D eigenvalue weighted by Gasteiger charge is 2.42. The molecule has 11 aromatic carbocycles. The number of hydrogen-bond acceptors (Lipinski definition) is 5. The molecule has 364 valence electrons. The van der Waals surface area contributed by atoms with Crippen molar-refractivity contribution < 1.29 is 17.7 Å². The van der Waals surface area contributed by atoms with Crippen LogP contribution in [0.1, 0.15) is 49.9 Å². The quantitative estimate of drug-likeness (QED) is 0.172. The van der Waals surface area contributed by atoms with E-state index < -0.39 is 0 Å². The lowest BCUT2D eigenvalue weighted by Gasteiger charge is -2.29. The number of nitrogens with zero attached hydrogens (tertiary/aromatic N) is 1. The largest absolute Gasteiger partial charge is 0.455 e. The Morgan fingerprint density at radius 3 is 1.10 bits per heavy atom. The first-order valence-corrected chi connectivity index (χ1v) is 26.6. The summed E-state index contributed by atoms with van der Waals surface area (Å²) in [6.07, 6.45) is 0. The lowest BCUT2D eigenvalue weighted by atomic mass is 9.80. The zero-order valence-electron chi connectivity index (χ0n) is 42.8. The summed E-state index contributed by atoms with van der Waals surface area (Å²) in [7, 11) is 0. The van der Waals surface area contributed by atoms with Crippen molar-refractivity contribution in [3.8, 4) is 44.5 Å². The molecule has 0 amide bonds. The highest BCUT2D eigenvalue weighted by atomic mass is 16.3. The zero-order chi connectivity index (χ0) is 51.1. The van der Waals surface area contributed by atoms with E-state index in [4.69, 9.17) is 17.7 Å². The van der Waals surface area contributed by atoms with Crippen LogP contribution < -0.4 is 4.90 Å². The van der Waals surface area contributed by atoms with Crippen molar-refractivity contribution in [3.63, 3.8) is 0 Å². The SMILES string of the molecule is CC1(C)c2cc(N(c3ccccc3)c3ccc4c(c3)C(C)(C)c3cc(-c5cccc6c5oc5ccccc56)c5oc6ccccc6c5c3-4)ccc2-c2c1cc(-c1cccc3c1oc1ccccc13)c1oc3ccccc3c21. The van der Waals surface area contributed by atoms with Gasteiger partial charge in [0, 0.05) is 93.2 Å². The van der Waals surface area contributed by atoms with E-state index in [2.05, 4.69) is 233 Å². The third kappa shape index (κ3) is 5.67. The van der Waals surface area contributed by atoms with Crippen LogP contribution in [-0.2, 0) is 10.8 Å². The van der Waals surface area contributed by atoms with Gasteiger partial charge in [-0.25, -0.2) is 0 Å². The van der Waals surface area contributed by atoms with E-state index in [0.717, 1.165) is 127 Å². The number of hydrogen-bond donors (Lipinski definition) is 0. The van der Waals surface area contributed by atoms with Gasteiger partial charge in [0.05, 0.1) is 0 Å². The molecule has 0 spiro atoms. The van der Waals surface area contributed by atoms with Gasteiger partial charge in [-0.05, 0) is 117 Å². The van der Waals surface area contributed by atoms with Gasteiger partial charge in [-0.1, -0.05) is 167 Å². The number of fused-ring (bicyclic) bond motifs is 20. The molecule has 5 heteroatoms. The molecule has 15 aromatic rings. The second-order valence-electron chi connectivity index (χ2n) is 22.2. The summed E-state index contributed by atoms with van der Waals surface area (Å²) in [6.45, 7) is 9.53. The molecule has 0 saturated carbocycles. The second-order valence-corrected chi connectivity index (χ2v) is 22.2. The molecule has 17 rings (SSSR count). The Hall–Kier alpha value is -9.58. The van der Waals surface area contributed by atoms with Crippen LogP contribution in [0.4, 0.5) is 17.1 Å². The molecule has 0 unspecified atom stereocenters. The van der Waals surface area contributed by atoms with Gasteiger partial charge in [0.25, 0.3) is 0 Å². The molecule has 77 heavy (non-hydrogen) atoms. The van der Waals surface area contributed by atoms with Crippen molar-refractivity contribution in [2.24, 2.45) is 0 Å². The van der Waals surface area contributed by atoms with Gasteiger partial charge in [-0.2, -0.15) is 0 Å². The zero-order valence-corrected chi connectivity index (χ0v) is 42.8. The Kier molecular flexibility index (Phi) is 8.36. The van der Waals surface area contributed by atoms with E-state index in [0.29, 0.717) is 0 Å². The standard InChI is InChI=1S/C72H47NO4/c1-71(2)55-36-41(32-34-49(55)63-57(71)38-53(69-65(63)51-22-10-14-30-61(51)76-69)47-26-16-24-45-43-20-8-12-28-59(43)74-67(45)47)73(40-18-6-5-7-19-40)42-33-35-50-56(37-42)72(3,4)58-39-54(70-66(64(50)58)52-23-11-15-31-62(52)77-70)48-27-17-25-46-44-21-9-13-29-60(44)75-68(46)48/h5-39H,1-4H3. The van der Waals surface area contributed by atoms with E-state index in [9.17, 15) is 0 Å². The maximum atomic E-state index is 6.96. The van der Waals surface area contributed by atoms with Gasteiger partial charge in [0.2, 0.25) is 0 Å². The number of anilines is 3. The highest BCUT2D eigenvalue weighted by Crippen LogP contribution is 2.59. The minimum atomic E-state index is -0.378. The van der Waals surface area contributed by atoms with E-state index in [1.807, 2.05) is 12.1 Å². The Morgan fingerprint density at radius 2 is 0.649 bits per heavy atom. The van der Waals surface area contributed by atoms with Gasteiger partial charge in [0.15, 0.2) is 0 Å². The van der Waals surface area contributed by atoms with Gasteiger partial charge >= 0.3 is 0 Å². The first-order chi connectivity index (χ1) is 37.7. The molecule has 4 heterocycles. The van der Waals surface area contributed by atoms with Crippen LogP contribution in [0.15, 0.2) is 230 Å². The van der Waals surface area contributed by atoms with Crippen LogP contribution in [0.2, 0.25) is 0 Å². The normalized spacial score (nSPS) is 14.2. The van der Waals surface area contributed by atoms with E-state index >= 15 is 0 Å². The van der Waals surface area contributed by atoms with Crippen molar-refractivity contribution in [2.45, 2.75) is 38.5 Å². The number of para-hydroxylation sites is 7. The second kappa shape index (κ2) is 15.1. The van der Waals surface area contributed by atoms with Crippen LogP contribution in [0.25, 0.3) is 132 Å². The summed E-state index contributed by atoms with van der Waals surface area (Å²) in [5.41, 5.74) is 23.6. The monoisotopic (exact) mass is 989 g/mol. The Labute approximate surface area is 442 Å². The number of furan rings is 4. The van der Waals surface area contributed by atoms with Crippen molar-refractivity contribution in [1.29, 1.82) is 0 Å². The minimum Gasteiger partial charge on any atom is -0.455 e. The molecule has 0 N–H and O–H groups in total. The van der Waals surface area contributed by atoms with Crippen LogP contribution in [0, 0.1) is 0 Å². The molecule has 4 aromatic heterocycles. The average Bonchev–Trinajstić information content (AvgIpc) is 4.48. The van der Waals surface area contributed by atoms with Gasteiger partial charge in [0.1, 0.15) is 44.7 Å². The van der Waals surface area contributed by atoms with E-state index in [1.165, 1.54) is 44.5 Å². The highest BCUT2D eigenvalue weighted by molar-refractivity contribution is 6.23. The molecule has 2 aliphatic carbocycles. The summed E-state index contributed by atoms with van der Waals surface area (Å²) >= 11 is 0. The molecular weight excluding hydrogens is 943 g/mol. The molecule has 0 aliphatic heterocycles. The summed E-state index contributed by atoms with van der Waals surface area (Å²) in [5, 5.41) is 8.90. The minimum absolute atomic E-state index is 0.378. The van der Waals surface area contributed by atoms with Crippen LogP contribution in [0.3, 0.4) is 0 Å². The molecule has 0 bridgehead atoms. The number of rotatable bonds is 5. The predicted octanol–water partition coefficient (Wildman–Crippen LogP) is 20.7. The van der Waals surface area contributed by atoms with Crippen molar-refractivity contribution >= 4 is 105 Å². The molecule has 0 radical (unpaired) electrons. The van der Waals surface area contributed by atoms with Crippen LogP contribution in [0.5, 0.6) is 0 Å². The summed E-state index contributed by atoms with van der Waals surface area (Å²) < 4.78 is 27.3. The summed E-state index contributed by atoms with van der Waals surface area (Å²) in [5.74, 6) is 0. The van der Waals surface area contributed by atoms with E-state index in [-0.39, 0.29) is 10.8 Å².